The Bertz CT molecular complexity index is 135. The van der Waals surface area contributed by atoms with Gasteiger partial charge in [-0.3, -0.25) is 4.90 Å². The van der Waals surface area contributed by atoms with Crippen molar-refractivity contribution in [1.29, 1.82) is 0 Å². The Hall–Kier alpha value is -0.120. The van der Waals surface area contributed by atoms with E-state index in [9.17, 15) is 0 Å². The molecule has 1 unspecified atom stereocenters. The second-order valence-corrected chi connectivity index (χ2v) is 3.80. The van der Waals surface area contributed by atoms with Crippen LogP contribution in [0.1, 0.15) is 33.1 Å². The fraction of sp³-hybridized carbons (Fsp3) is 1.00. The molecule has 14 heavy (non-hydrogen) atoms. The number of nitrogens with zero attached hydrogens (tertiary/aromatic N) is 2. The second kappa shape index (κ2) is 7.21. The summed E-state index contributed by atoms with van der Waals surface area (Å²) in [5.74, 6) is 0. The van der Waals surface area contributed by atoms with E-state index in [0.29, 0.717) is 6.17 Å². The summed E-state index contributed by atoms with van der Waals surface area (Å²) in [6, 6.07) is 0. The molecule has 0 aromatic heterocycles. The number of hydrogen-bond acceptors (Lipinski definition) is 2. The molecule has 0 N–H and O–H groups in total. The van der Waals surface area contributed by atoms with Crippen molar-refractivity contribution in [2.45, 2.75) is 39.3 Å². The third-order valence-electron chi connectivity index (χ3n) is 2.72. The summed E-state index contributed by atoms with van der Waals surface area (Å²) < 4.78 is 5.44. The van der Waals surface area contributed by atoms with Crippen LogP contribution < -0.4 is 5.32 Å². The Morgan fingerprint density at radius 1 is 1.36 bits per heavy atom. The first-order chi connectivity index (χ1) is 6.88. The first kappa shape index (κ1) is 12.0. The molecule has 0 saturated carbocycles. The van der Waals surface area contributed by atoms with Crippen molar-refractivity contribution in [2.24, 2.45) is 0 Å². The highest BCUT2D eigenvalue weighted by molar-refractivity contribution is 4.71. The lowest BCUT2D eigenvalue weighted by Crippen LogP contribution is -2.49. The van der Waals surface area contributed by atoms with Crippen molar-refractivity contribution in [1.82, 2.24) is 10.2 Å². The van der Waals surface area contributed by atoms with Gasteiger partial charge in [-0.2, -0.15) is 0 Å². The highest BCUT2D eigenvalue weighted by Gasteiger charge is 2.20. The zero-order valence-corrected chi connectivity index (χ0v) is 9.54. The van der Waals surface area contributed by atoms with Crippen molar-refractivity contribution >= 4 is 0 Å². The Kier molecular flexibility index (Phi) is 6.15. The first-order valence-electron chi connectivity index (χ1n) is 5.86. The van der Waals surface area contributed by atoms with Gasteiger partial charge in [0.1, 0.15) is 0 Å². The molecule has 0 aromatic rings. The minimum atomic E-state index is 0.325. The molecule has 1 rings (SSSR count). The van der Waals surface area contributed by atoms with Gasteiger partial charge in [0.05, 0.1) is 19.4 Å². The maximum atomic E-state index is 5.44. The van der Waals surface area contributed by atoms with E-state index in [4.69, 9.17) is 4.74 Å². The minimum absolute atomic E-state index is 0.325. The van der Waals surface area contributed by atoms with Crippen LogP contribution in [-0.2, 0) is 4.74 Å². The predicted molar refractivity (Wildman–Crippen MR) is 58.4 cm³/mol. The van der Waals surface area contributed by atoms with E-state index in [1.54, 1.807) is 0 Å². The molecule has 3 nitrogen and oxygen atoms in total. The van der Waals surface area contributed by atoms with E-state index < -0.39 is 0 Å². The zero-order chi connectivity index (χ0) is 10.2. The molecule has 1 heterocycles. The van der Waals surface area contributed by atoms with Gasteiger partial charge in [-0.15, -0.1) is 0 Å². The number of ether oxygens (including phenoxy) is 1. The molecule has 83 valence electrons. The molecule has 0 aromatic carbocycles. The topological polar surface area (TPSA) is 26.6 Å². The van der Waals surface area contributed by atoms with Gasteiger partial charge in [-0.25, -0.2) is 5.32 Å². The van der Waals surface area contributed by atoms with E-state index in [-0.39, 0.29) is 0 Å². The highest BCUT2D eigenvalue weighted by Crippen LogP contribution is 2.05. The summed E-state index contributed by atoms with van der Waals surface area (Å²) in [7, 11) is 0. The molecule has 1 aliphatic rings. The summed E-state index contributed by atoms with van der Waals surface area (Å²) in [4.78, 5) is 2.43. The summed E-state index contributed by atoms with van der Waals surface area (Å²) >= 11 is 0. The van der Waals surface area contributed by atoms with Crippen molar-refractivity contribution in [3.63, 3.8) is 0 Å². The van der Waals surface area contributed by atoms with E-state index >= 15 is 0 Å². The van der Waals surface area contributed by atoms with Crippen LogP contribution in [0.4, 0.5) is 0 Å². The number of likely N-dealkylation sites (N-methyl/N-ethyl adjacent to an activating group) is 1. The average Bonchev–Trinajstić information content (AvgIpc) is 2.26. The lowest BCUT2D eigenvalue weighted by Gasteiger charge is -2.32. The largest absolute Gasteiger partial charge is 0.377 e. The van der Waals surface area contributed by atoms with E-state index in [2.05, 4.69) is 24.1 Å². The summed E-state index contributed by atoms with van der Waals surface area (Å²) in [5, 5.41) is 4.58. The molecule has 0 aliphatic carbocycles. The number of hydrogen-bond donors (Lipinski definition) is 0. The molecule has 1 atom stereocenters. The Labute approximate surface area is 87.8 Å². The monoisotopic (exact) mass is 199 g/mol. The lowest BCUT2D eigenvalue weighted by atomic mass is 10.2. The van der Waals surface area contributed by atoms with Gasteiger partial charge in [-0.1, -0.05) is 26.7 Å². The normalized spacial score (nSPS) is 22.9. The van der Waals surface area contributed by atoms with Crippen LogP contribution >= 0.6 is 0 Å². The SMILES string of the molecule is CCCCCN(CC)C1COCC[N]1. The van der Waals surface area contributed by atoms with Crippen LogP contribution in [0.25, 0.3) is 0 Å². The third kappa shape index (κ3) is 3.95. The van der Waals surface area contributed by atoms with E-state index in [1.165, 1.54) is 25.8 Å². The zero-order valence-electron chi connectivity index (χ0n) is 9.54. The number of unbranched alkanes of at least 4 members (excludes halogenated alkanes) is 2. The Balaban J connectivity index is 2.21. The van der Waals surface area contributed by atoms with Crippen molar-refractivity contribution in [3.05, 3.63) is 0 Å². The fourth-order valence-electron chi connectivity index (χ4n) is 1.81. The van der Waals surface area contributed by atoms with Crippen LogP contribution in [-0.4, -0.2) is 43.9 Å². The predicted octanol–water partition coefficient (Wildman–Crippen LogP) is 1.46. The van der Waals surface area contributed by atoms with Gasteiger partial charge in [-0.05, 0) is 19.5 Å². The number of rotatable bonds is 6. The van der Waals surface area contributed by atoms with E-state index in [0.717, 1.165) is 26.3 Å². The Morgan fingerprint density at radius 3 is 2.79 bits per heavy atom. The molecular weight excluding hydrogens is 176 g/mol. The van der Waals surface area contributed by atoms with Crippen molar-refractivity contribution in [2.75, 3.05) is 32.8 Å². The fourth-order valence-corrected chi connectivity index (χ4v) is 1.81. The van der Waals surface area contributed by atoms with Gasteiger partial charge in [0.15, 0.2) is 0 Å². The average molecular weight is 199 g/mol. The molecule has 1 aliphatic heterocycles. The van der Waals surface area contributed by atoms with Crippen molar-refractivity contribution < 1.29 is 4.74 Å². The lowest BCUT2D eigenvalue weighted by molar-refractivity contribution is 0.00779. The van der Waals surface area contributed by atoms with Gasteiger partial charge >= 0.3 is 0 Å². The van der Waals surface area contributed by atoms with Crippen LogP contribution in [0.15, 0.2) is 0 Å². The maximum absolute atomic E-state index is 5.44. The molecule has 1 saturated heterocycles. The molecule has 1 radical (unpaired) electrons. The third-order valence-corrected chi connectivity index (χ3v) is 2.72. The molecule has 1 fully saturated rings. The standard InChI is InChI=1S/C11H23N2O/c1-3-5-6-8-13(4-2)11-10-14-9-7-12-11/h11H,3-10H2,1-2H3. The molecule has 0 bridgehead atoms. The second-order valence-electron chi connectivity index (χ2n) is 3.80. The minimum Gasteiger partial charge on any atom is -0.377 e. The Morgan fingerprint density at radius 2 is 2.21 bits per heavy atom. The molecule has 0 amide bonds. The van der Waals surface area contributed by atoms with Crippen molar-refractivity contribution in [3.8, 4) is 0 Å². The van der Waals surface area contributed by atoms with Gasteiger partial charge in [0.2, 0.25) is 0 Å². The van der Waals surface area contributed by atoms with Gasteiger partial charge in [0, 0.05) is 6.54 Å². The van der Waals surface area contributed by atoms with Crippen LogP contribution in [0.2, 0.25) is 0 Å². The van der Waals surface area contributed by atoms with Crippen LogP contribution in [0.5, 0.6) is 0 Å². The molecule has 0 spiro atoms. The van der Waals surface area contributed by atoms with Gasteiger partial charge < -0.3 is 4.74 Å². The first-order valence-corrected chi connectivity index (χ1v) is 5.86. The summed E-state index contributed by atoms with van der Waals surface area (Å²) in [5.41, 5.74) is 0. The maximum Gasteiger partial charge on any atom is 0.0998 e. The van der Waals surface area contributed by atoms with Crippen LogP contribution in [0, 0.1) is 0 Å². The molecular formula is C11H23N2O. The highest BCUT2D eigenvalue weighted by atomic mass is 16.5. The van der Waals surface area contributed by atoms with Gasteiger partial charge in [0.25, 0.3) is 0 Å². The van der Waals surface area contributed by atoms with E-state index in [1.807, 2.05) is 0 Å². The summed E-state index contributed by atoms with van der Waals surface area (Å²) in [6.07, 6.45) is 4.22. The summed E-state index contributed by atoms with van der Waals surface area (Å²) in [6.45, 7) is 9.17. The molecule has 3 heteroatoms. The number of morpholine rings is 1. The quantitative estimate of drug-likeness (QED) is 0.605. The van der Waals surface area contributed by atoms with Crippen LogP contribution in [0.3, 0.4) is 0 Å². The smallest absolute Gasteiger partial charge is 0.0998 e.